The van der Waals surface area contributed by atoms with E-state index < -0.39 is 0 Å². The average molecular weight is 238 g/mol. The maximum Gasteiger partial charge on any atom is 0.347 e. The van der Waals surface area contributed by atoms with Crippen molar-refractivity contribution in [3.05, 3.63) is 21.7 Å². The second-order valence-electron chi connectivity index (χ2n) is 4.05. The fourth-order valence-corrected chi connectivity index (χ4v) is 1.94. The molecule has 0 saturated carbocycles. The number of H-pyrrole nitrogens is 1. The lowest BCUT2D eigenvalue weighted by Gasteiger charge is -2.19. The van der Waals surface area contributed by atoms with Crippen molar-refractivity contribution >= 4 is 5.82 Å². The summed E-state index contributed by atoms with van der Waals surface area (Å²) in [6, 6.07) is 0. The molecule has 94 valence electrons. The van der Waals surface area contributed by atoms with E-state index in [1.165, 1.54) is 0 Å². The Morgan fingerprint density at radius 1 is 1.53 bits per heavy atom. The first-order valence-electron chi connectivity index (χ1n) is 5.87. The summed E-state index contributed by atoms with van der Waals surface area (Å²) in [7, 11) is 1.68. The van der Waals surface area contributed by atoms with Crippen LogP contribution in [0.4, 0.5) is 5.82 Å². The minimum Gasteiger partial charge on any atom is -0.385 e. The van der Waals surface area contributed by atoms with Crippen molar-refractivity contribution in [3.63, 3.8) is 0 Å². The van der Waals surface area contributed by atoms with Crippen LogP contribution in [0.2, 0.25) is 0 Å². The molecule has 6 heteroatoms. The maximum atomic E-state index is 11.4. The molecule has 0 aliphatic carbocycles. The largest absolute Gasteiger partial charge is 0.385 e. The van der Waals surface area contributed by atoms with Crippen molar-refractivity contribution in [1.29, 1.82) is 0 Å². The Morgan fingerprint density at radius 3 is 3.24 bits per heavy atom. The van der Waals surface area contributed by atoms with E-state index in [4.69, 9.17) is 4.74 Å². The third-order valence-corrected chi connectivity index (χ3v) is 2.79. The number of nitrogens with zero attached hydrogens (tertiary/aromatic N) is 1. The van der Waals surface area contributed by atoms with Crippen molar-refractivity contribution in [3.8, 4) is 0 Å². The van der Waals surface area contributed by atoms with Crippen molar-refractivity contribution in [2.24, 2.45) is 0 Å². The second-order valence-corrected chi connectivity index (χ2v) is 4.05. The molecule has 0 unspecified atom stereocenters. The molecule has 1 aliphatic heterocycles. The highest BCUT2D eigenvalue weighted by Crippen LogP contribution is 2.16. The highest BCUT2D eigenvalue weighted by molar-refractivity contribution is 5.46. The molecule has 0 spiro atoms. The van der Waals surface area contributed by atoms with Crippen LogP contribution in [0, 0.1) is 0 Å². The molecular formula is C11H18N4O2. The van der Waals surface area contributed by atoms with Gasteiger partial charge in [-0.25, -0.2) is 4.79 Å². The normalized spacial score (nSPS) is 14.4. The maximum absolute atomic E-state index is 11.4. The molecule has 6 nitrogen and oxygen atoms in total. The van der Waals surface area contributed by atoms with E-state index in [-0.39, 0.29) is 5.69 Å². The van der Waals surface area contributed by atoms with Gasteiger partial charge in [0.2, 0.25) is 0 Å². The van der Waals surface area contributed by atoms with E-state index >= 15 is 0 Å². The van der Waals surface area contributed by atoms with Crippen molar-refractivity contribution in [2.75, 3.05) is 32.1 Å². The zero-order valence-corrected chi connectivity index (χ0v) is 10.0. The third kappa shape index (κ3) is 3.04. The van der Waals surface area contributed by atoms with Gasteiger partial charge in [-0.15, -0.1) is 0 Å². The van der Waals surface area contributed by atoms with E-state index in [2.05, 4.69) is 20.6 Å². The van der Waals surface area contributed by atoms with Crippen molar-refractivity contribution in [1.82, 2.24) is 15.3 Å². The quantitative estimate of drug-likeness (QED) is 0.622. The van der Waals surface area contributed by atoms with Gasteiger partial charge >= 0.3 is 5.69 Å². The predicted octanol–water partition coefficient (Wildman–Crippen LogP) is -0.136. The molecule has 2 heterocycles. The molecule has 2 rings (SSSR count). The Bertz CT molecular complexity index is 430. The van der Waals surface area contributed by atoms with E-state index in [9.17, 15) is 4.79 Å². The third-order valence-electron chi connectivity index (χ3n) is 2.79. The Hall–Kier alpha value is -1.40. The zero-order chi connectivity index (χ0) is 12.1. The van der Waals surface area contributed by atoms with Gasteiger partial charge in [-0.05, 0) is 6.42 Å². The number of hydrogen-bond acceptors (Lipinski definition) is 5. The predicted molar refractivity (Wildman–Crippen MR) is 65.3 cm³/mol. The van der Waals surface area contributed by atoms with E-state index in [1.807, 2.05) is 0 Å². The topological polar surface area (TPSA) is 79.0 Å². The highest BCUT2D eigenvalue weighted by atomic mass is 16.5. The lowest BCUT2D eigenvalue weighted by atomic mass is 10.1. The van der Waals surface area contributed by atoms with Crippen LogP contribution in [-0.4, -0.2) is 36.8 Å². The van der Waals surface area contributed by atoms with E-state index in [0.717, 1.165) is 43.7 Å². The van der Waals surface area contributed by atoms with Gasteiger partial charge < -0.3 is 20.4 Å². The number of nitrogens with one attached hydrogen (secondary N) is 3. The molecule has 0 aromatic carbocycles. The molecule has 17 heavy (non-hydrogen) atoms. The summed E-state index contributed by atoms with van der Waals surface area (Å²) in [4.78, 5) is 18.2. The van der Waals surface area contributed by atoms with Crippen LogP contribution in [0.25, 0.3) is 0 Å². The Kier molecular flexibility index (Phi) is 4.11. The van der Waals surface area contributed by atoms with Gasteiger partial charge in [-0.2, -0.15) is 4.98 Å². The molecule has 0 bridgehead atoms. The molecule has 1 aliphatic rings. The van der Waals surface area contributed by atoms with Gasteiger partial charge in [-0.1, -0.05) is 0 Å². The highest BCUT2D eigenvalue weighted by Gasteiger charge is 2.15. The van der Waals surface area contributed by atoms with Crippen LogP contribution < -0.4 is 16.3 Å². The smallest absolute Gasteiger partial charge is 0.347 e. The molecule has 0 atom stereocenters. The Morgan fingerprint density at radius 2 is 2.41 bits per heavy atom. The second kappa shape index (κ2) is 5.79. The minimum absolute atomic E-state index is 0.278. The molecule has 0 amide bonds. The molecule has 0 fully saturated rings. The average Bonchev–Trinajstić information content (AvgIpc) is 2.34. The number of ether oxygens (including phenoxy) is 1. The van der Waals surface area contributed by atoms with Gasteiger partial charge in [0.05, 0.1) is 0 Å². The van der Waals surface area contributed by atoms with Gasteiger partial charge in [0, 0.05) is 51.0 Å². The SMILES string of the molecule is COCCCNc1nc(=O)[nH]c2c1CNCC2. The minimum atomic E-state index is -0.278. The van der Waals surface area contributed by atoms with Crippen LogP contribution >= 0.6 is 0 Å². The van der Waals surface area contributed by atoms with E-state index in [0.29, 0.717) is 12.4 Å². The van der Waals surface area contributed by atoms with Crippen LogP contribution in [0.15, 0.2) is 4.79 Å². The molecular weight excluding hydrogens is 220 g/mol. The summed E-state index contributed by atoms with van der Waals surface area (Å²) >= 11 is 0. The zero-order valence-electron chi connectivity index (χ0n) is 10.0. The number of aromatic amines is 1. The number of fused-ring (bicyclic) bond motifs is 1. The first-order chi connectivity index (χ1) is 8.31. The number of anilines is 1. The van der Waals surface area contributed by atoms with E-state index in [1.54, 1.807) is 7.11 Å². The Balaban J connectivity index is 2.09. The molecule has 1 aromatic heterocycles. The number of rotatable bonds is 5. The van der Waals surface area contributed by atoms with Crippen LogP contribution in [0.1, 0.15) is 17.7 Å². The molecule has 0 radical (unpaired) electrons. The summed E-state index contributed by atoms with van der Waals surface area (Å²) in [6.45, 7) is 3.12. The van der Waals surface area contributed by atoms with Crippen molar-refractivity contribution < 1.29 is 4.74 Å². The Labute approximate surface area is 99.8 Å². The van der Waals surface area contributed by atoms with Crippen molar-refractivity contribution in [2.45, 2.75) is 19.4 Å². The van der Waals surface area contributed by atoms with Crippen LogP contribution in [0.3, 0.4) is 0 Å². The molecule has 1 aromatic rings. The van der Waals surface area contributed by atoms with Crippen LogP contribution in [0.5, 0.6) is 0 Å². The molecule has 0 saturated heterocycles. The van der Waals surface area contributed by atoms with Gasteiger partial charge in [-0.3, -0.25) is 0 Å². The number of methoxy groups -OCH3 is 1. The monoisotopic (exact) mass is 238 g/mol. The summed E-state index contributed by atoms with van der Waals surface area (Å²) in [5.41, 5.74) is 1.80. The lowest BCUT2D eigenvalue weighted by Crippen LogP contribution is -2.30. The fraction of sp³-hybridized carbons (Fsp3) is 0.636. The van der Waals surface area contributed by atoms with Gasteiger partial charge in [0.25, 0.3) is 0 Å². The van der Waals surface area contributed by atoms with Gasteiger partial charge in [0.15, 0.2) is 0 Å². The lowest BCUT2D eigenvalue weighted by molar-refractivity contribution is 0.197. The van der Waals surface area contributed by atoms with Gasteiger partial charge in [0.1, 0.15) is 5.82 Å². The summed E-state index contributed by atoms with van der Waals surface area (Å²) in [5, 5.41) is 6.47. The number of aromatic nitrogens is 2. The standard InChI is InChI=1S/C11H18N4O2/c1-17-6-2-4-13-10-8-7-12-5-3-9(8)14-11(16)15-10/h12H,2-7H2,1H3,(H2,13,14,15,16). The first kappa shape index (κ1) is 12.1. The summed E-state index contributed by atoms with van der Waals surface area (Å²) in [5.74, 6) is 0.701. The summed E-state index contributed by atoms with van der Waals surface area (Å²) < 4.78 is 4.98. The number of hydrogen-bond donors (Lipinski definition) is 3. The fourth-order valence-electron chi connectivity index (χ4n) is 1.94. The first-order valence-corrected chi connectivity index (χ1v) is 5.87. The molecule has 3 N–H and O–H groups in total. The van der Waals surface area contributed by atoms with Crippen LogP contribution in [-0.2, 0) is 17.7 Å². The summed E-state index contributed by atoms with van der Waals surface area (Å²) in [6.07, 6.45) is 1.74.